The minimum atomic E-state index is -0.511. The first-order chi connectivity index (χ1) is 18.1. The summed E-state index contributed by atoms with van der Waals surface area (Å²) in [6.07, 6.45) is 8.36. The van der Waals surface area contributed by atoms with Crippen molar-refractivity contribution in [1.82, 2.24) is 29.9 Å². The molecule has 1 saturated heterocycles. The van der Waals surface area contributed by atoms with Crippen molar-refractivity contribution >= 4 is 11.9 Å². The van der Waals surface area contributed by atoms with Gasteiger partial charge in [0.25, 0.3) is 5.91 Å². The van der Waals surface area contributed by atoms with Crippen LogP contribution < -0.4 is 5.32 Å². The summed E-state index contributed by atoms with van der Waals surface area (Å²) in [5.41, 5.74) is 4.79. The van der Waals surface area contributed by atoms with Crippen LogP contribution in [0.1, 0.15) is 29.8 Å². The van der Waals surface area contributed by atoms with E-state index in [-0.39, 0.29) is 11.9 Å². The summed E-state index contributed by atoms with van der Waals surface area (Å²) in [6, 6.07) is 15.0. The summed E-state index contributed by atoms with van der Waals surface area (Å²) < 4.78 is 12.3. The van der Waals surface area contributed by atoms with Gasteiger partial charge in [0.2, 0.25) is 5.95 Å². The molecule has 0 bridgehead atoms. The zero-order chi connectivity index (χ0) is 25.6. The van der Waals surface area contributed by atoms with Crippen molar-refractivity contribution in [2.24, 2.45) is 0 Å². The number of rotatable bonds is 8. The van der Waals surface area contributed by atoms with E-state index in [0.29, 0.717) is 43.3 Å². The summed E-state index contributed by atoms with van der Waals surface area (Å²) in [7, 11) is 1.63. The first-order valence-corrected chi connectivity index (χ1v) is 11.8. The third kappa shape index (κ3) is 5.86. The lowest BCUT2D eigenvalue weighted by molar-refractivity contribution is -0.124. The van der Waals surface area contributed by atoms with E-state index in [1.807, 2.05) is 42.5 Å². The van der Waals surface area contributed by atoms with Crippen molar-refractivity contribution in [2.75, 3.05) is 19.0 Å². The van der Waals surface area contributed by atoms with Gasteiger partial charge in [0.15, 0.2) is 0 Å². The smallest absolute Gasteiger partial charge is 0.255 e. The Kier molecular flexibility index (Phi) is 7.26. The van der Waals surface area contributed by atoms with E-state index in [0.717, 1.165) is 28.9 Å². The number of aromatic nitrogens is 6. The molecule has 0 aliphatic carbocycles. The summed E-state index contributed by atoms with van der Waals surface area (Å²) >= 11 is 0. The van der Waals surface area contributed by atoms with Gasteiger partial charge in [-0.2, -0.15) is 0 Å². The maximum absolute atomic E-state index is 12.7. The minimum Gasteiger partial charge on any atom is -0.378 e. The maximum atomic E-state index is 12.7. The highest BCUT2D eigenvalue weighted by Gasteiger charge is 2.25. The van der Waals surface area contributed by atoms with Crippen molar-refractivity contribution in [2.45, 2.75) is 32.1 Å². The average molecular weight is 496 g/mol. The summed E-state index contributed by atoms with van der Waals surface area (Å²) in [5, 5.41) is 11.4. The Bertz CT molecular complexity index is 1450. The Hall–Kier alpha value is -4.46. The lowest BCUT2D eigenvalue weighted by Gasteiger charge is -2.11. The fraction of sp³-hybridized carbons (Fsp3) is 0.259. The molecule has 3 aromatic heterocycles. The molecule has 4 aromatic rings. The fourth-order valence-corrected chi connectivity index (χ4v) is 4.03. The molecule has 1 atom stereocenters. The van der Waals surface area contributed by atoms with Crippen molar-refractivity contribution in [1.29, 1.82) is 0 Å². The van der Waals surface area contributed by atoms with Gasteiger partial charge in [-0.05, 0) is 43.2 Å². The molecule has 0 spiro atoms. The van der Waals surface area contributed by atoms with E-state index in [9.17, 15) is 4.79 Å². The SMILES string of the molecule is C#Cc1cccc(-c2cc(-c3cn(Cc4cccc(COC)n4)nn3)nc(NC(=O)C3CCCO3)n2)c1. The molecule has 1 N–H and O–H groups in total. The number of hydrogen-bond donors (Lipinski definition) is 1. The topological polar surface area (TPSA) is 117 Å². The number of nitrogens with zero attached hydrogens (tertiary/aromatic N) is 6. The van der Waals surface area contributed by atoms with E-state index in [4.69, 9.17) is 15.9 Å². The van der Waals surface area contributed by atoms with Crippen LogP contribution in [0.2, 0.25) is 0 Å². The van der Waals surface area contributed by atoms with Gasteiger partial charge in [0.05, 0.1) is 42.1 Å². The van der Waals surface area contributed by atoms with Gasteiger partial charge in [-0.3, -0.25) is 15.1 Å². The number of pyridine rings is 1. The molecule has 186 valence electrons. The number of nitrogens with one attached hydrogen (secondary N) is 1. The molecular formula is C27H25N7O3. The van der Waals surface area contributed by atoms with Gasteiger partial charge in [-0.15, -0.1) is 11.5 Å². The monoisotopic (exact) mass is 495 g/mol. The number of carbonyl (C=O) groups is 1. The van der Waals surface area contributed by atoms with Crippen LogP contribution in [0.15, 0.2) is 54.7 Å². The van der Waals surface area contributed by atoms with E-state index in [1.165, 1.54) is 0 Å². The molecule has 10 heteroatoms. The summed E-state index contributed by atoms with van der Waals surface area (Å²) in [6.45, 7) is 1.42. The molecule has 1 amide bonds. The quantitative estimate of drug-likeness (QED) is 0.371. The van der Waals surface area contributed by atoms with Crippen molar-refractivity contribution in [3.05, 3.63) is 71.7 Å². The van der Waals surface area contributed by atoms with E-state index in [2.05, 4.69) is 36.5 Å². The van der Waals surface area contributed by atoms with Crippen LogP contribution in [0.3, 0.4) is 0 Å². The van der Waals surface area contributed by atoms with E-state index in [1.54, 1.807) is 24.1 Å². The Labute approximate surface area is 214 Å². The Balaban J connectivity index is 1.46. The highest BCUT2D eigenvalue weighted by molar-refractivity contribution is 5.93. The molecule has 1 aromatic carbocycles. The standard InChI is InChI=1S/C27H25N7O3/c1-3-18-7-4-8-19(13-18)22-14-23(30-27(29-22)31-26(35)25-11-6-12-37-25)24-16-34(33-32-24)15-20-9-5-10-21(28-20)17-36-2/h1,4-5,7-10,13-14,16,25H,6,11-12,15,17H2,2H3,(H,29,30,31,35). The Morgan fingerprint density at radius 1 is 1.14 bits per heavy atom. The van der Waals surface area contributed by atoms with Crippen LogP contribution >= 0.6 is 0 Å². The predicted molar refractivity (Wildman–Crippen MR) is 136 cm³/mol. The molecule has 5 rings (SSSR count). The van der Waals surface area contributed by atoms with Gasteiger partial charge < -0.3 is 9.47 Å². The molecule has 10 nitrogen and oxygen atoms in total. The van der Waals surface area contributed by atoms with Crippen LogP contribution in [0.4, 0.5) is 5.95 Å². The summed E-state index contributed by atoms with van der Waals surface area (Å²) in [4.78, 5) is 26.4. The average Bonchev–Trinajstić information content (AvgIpc) is 3.62. The van der Waals surface area contributed by atoms with E-state index >= 15 is 0 Å². The molecular weight excluding hydrogens is 470 g/mol. The Morgan fingerprint density at radius 2 is 1.97 bits per heavy atom. The molecule has 37 heavy (non-hydrogen) atoms. The summed E-state index contributed by atoms with van der Waals surface area (Å²) in [5.74, 6) is 2.52. The lowest BCUT2D eigenvalue weighted by Crippen LogP contribution is -2.27. The van der Waals surface area contributed by atoms with Gasteiger partial charge in [-0.25, -0.2) is 14.6 Å². The molecule has 0 saturated carbocycles. The van der Waals surface area contributed by atoms with Crippen molar-refractivity contribution in [3.8, 4) is 35.0 Å². The van der Waals surface area contributed by atoms with Crippen molar-refractivity contribution < 1.29 is 14.3 Å². The fourth-order valence-electron chi connectivity index (χ4n) is 4.03. The van der Waals surface area contributed by atoms with Crippen LogP contribution in [-0.4, -0.2) is 55.7 Å². The van der Waals surface area contributed by atoms with Crippen LogP contribution in [0, 0.1) is 12.3 Å². The normalized spacial score (nSPS) is 14.9. The second-order valence-electron chi connectivity index (χ2n) is 8.53. The van der Waals surface area contributed by atoms with Crippen molar-refractivity contribution in [3.63, 3.8) is 0 Å². The first-order valence-electron chi connectivity index (χ1n) is 11.8. The number of carbonyl (C=O) groups excluding carboxylic acids is 1. The Morgan fingerprint density at radius 3 is 2.78 bits per heavy atom. The zero-order valence-corrected chi connectivity index (χ0v) is 20.3. The van der Waals surface area contributed by atoms with Gasteiger partial charge in [0, 0.05) is 24.8 Å². The highest BCUT2D eigenvalue weighted by Crippen LogP contribution is 2.25. The van der Waals surface area contributed by atoms with Crippen LogP contribution in [-0.2, 0) is 27.4 Å². The minimum absolute atomic E-state index is 0.155. The number of anilines is 1. The number of methoxy groups -OCH3 is 1. The predicted octanol–water partition coefficient (Wildman–Crippen LogP) is 3.09. The number of amides is 1. The number of hydrogen-bond acceptors (Lipinski definition) is 8. The largest absolute Gasteiger partial charge is 0.378 e. The lowest BCUT2D eigenvalue weighted by atomic mass is 10.1. The first kappa shape index (κ1) is 24.2. The number of benzene rings is 1. The molecule has 0 radical (unpaired) electrons. The van der Waals surface area contributed by atoms with E-state index < -0.39 is 6.10 Å². The van der Waals surface area contributed by atoms with Gasteiger partial charge >= 0.3 is 0 Å². The number of terminal acetylenes is 1. The highest BCUT2D eigenvalue weighted by atomic mass is 16.5. The third-order valence-electron chi connectivity index (χ3n) is 5.79. The molecule has 1 aliphatic heterocycles. The number of ether oxygens (including phenoxy) is 2. The molecule has 1 aliphatic rings. The van der Waals surface area contributed by atoms with Gasteiger partial charge in [-0.1, -0.05) is 29.3 Å². The second kappa shape index (κ2) is 11.1. The third-order valence-corrected chi connectivity index (χ3v) is 5.79. The molecule has 1 fully saturated rings. The molecule has 4 heterocycles. The zero-order valence-electron chi connectivity index (χ0n) is 20.3. The van der Waals surface area contributed by atoms with Crippen LogP contribution in [0.25, 0.3) is 22.6 Å². The molecule has 1 unspecified atom stereocenters. The van der Waals surface area contributed by atoms with Gasteiger partial charge in [0.1, 0.15) is 11.8 Å². The second-order valence-corrected chi connectivity index (χ2v) is 8.53. The van der Waals surface area contributed by atoms with Crippen LogP contribution in [0.5, 0.6) is 0 Å². The maximum Gasteiger partial charge on any atom is 0.255 e.